The Morgan fingerprint density at radius 3 is 2.71 bits per heavy atom. The molecule has 1 aliphatic rings. The van der Waals surface area contributed by atoms with Gasteiger partial charge in [-0.25, -0.2) is 4.79 Å². The molecular formula is C19H20N4O8. The van der Waals surface area contributed by atoms with E-state index in [0.29, 0.717) is 5.56 Å². The molecule has 3 atom stereocenters. The molecule has 0 saturated carbocycles. The Hall–Kier alpha value is -4.05. The minimum Gasteiger partial charge on any atom is -0.504 e. The molecule has 0 fully saturated rings. The third-order valence-electron chi connectivity index (χ3n) is 4.54. The molecule has 0 spiro atoms. The van der Waals surface area contributed by atoms with Gasteiger partial charge < -0.3 is 24.4 Å². The number of azide groups is 1. The van der Waals surface area contributed by atoms with Crippen LogP contribution in [0.3, 0.4) is 0 Å². The first kappa shape index (κ1) is 23.2. The first-order chi connectivity index (χ1) is 14.9. The van der Waals surface area contributed by atoms with E-state index in [1.165, 1.54) is 18.2 Å². The molecule has 1 heterocycles. The zero-order valence-electron chi connectivity index (χ0n) is 16.3. The lowest BCUT2D eigenvalue weighted by molar-refractivity contribution is -0.146. The summed E-state index contributed by atoms with van der Waals surface area (Å²) in [6.45, 7) is 3.02. The van der Waals surface area contributed by atoms with Crippen LogP contribution < -0.4 is 0 Å². The van der Waals surface area contributed by atoms with Gasteiger partial charge in [-0.1, -0.05) is 17.3 Å². The average molecular weight is 432 g/mol. The summed E-state index contributed by atoms with van der Waals surface area (Å²) in [7, 11) is 0. The third kappa shape index (κ3) is 6.21. The predicted octanol–water partition coefficient (Wildman–Crippen LogP) is 2.81. The highest BCUT2D eigenvalue weighted by molar-refractivity contribution is 5.90. The standard InChI is InChI=1S/C19H20N4O8/c1-2-12-13(14(9-30-18(12)22-28)19(27)31-10-21-23-20)8-17(26)29-6-5-11-3-4-15(24)16(25)7-11/h2-4,7,9,12-13,18,24-25H,1,5-6,8,10H2/t12?,13-,18?/m0/s1. The zero-order chi connectivity index (χ0) is 22.8. The molecular weight excluding hydrogens is 412 g/mol. The highest BCUT2D eigenvalue weighted by Gasteiger charge is 2.40. The number of rotatable bonds is 10. The van der Waals surface area contributed by atoms with Gasteiger partial charge in [0, 0.05) is 23.2 Å². The molecule has 0 radical (unpaired) electrons. The maximum absolute atomic E-state index is 12.4. The minimum absolute atomic E-state index is 0.0270. The number of esters is 2. The number of carbonyl (C=O) groups excluding carboxylic acids is 2. The van der Waals surface area contributed by atoms with E-state index in [-0.39, 0.29) is 36.5 Å². The summed E-state index contributed by atoms with van der Waals surface area (Å²) in [6.07, 6.45) is 1.12. The van der Waals surface area contributed by atoms with Crippen molar-refractivity contribution in [3.05, 3.63) is 63.6 Å². The summed E-state index contributed by atoms with van der Waals surface area (Å²) in [4.78, 5) is 38.2. The normalized spacial score (nSPS) is 19.7. The molecule has 2 rings (SSSR count). The van der Waals surface area contributed by atoms with Gasteiger partial charge in [0.15, 0.2) is 18.2 Å². The van der Waals surface area contributed by atoms with Crippen molar-refractivity contribution in [3.8, 4) is 11.5 Å². The number of aromatic hydroxyl groups is 2. The zero-order valence-corrected chi connectivity index (χ0v) is 16.3. The second-order valence-corrected chi connectivity index (χ2v) is 6.41. The monoisotopic (exact) mass is 432 g/mol. The first-order valence-corrected chi connectivity index (χ1v) is 9.06. The van der Waals surface area contributed by atoms with Crippen molar-refractivity contribution in [2.45, 2.75) is 19.1 Å². The number of carbonyl (C=O) groups is 2. The van der Waals surface area contributed by atoms with Crippen LogP contribution >= 0.6 is 0 Å². The highest BCUT2D eigenvalue weighted by atomic mass is 16.5. The van der Waals surface area contributed by atoms with Crippen LogP contribution in [0.2, 0.25) is 0 Å². The molecule has 12 nitrogen and oxygen atoms in total. The van der Waals surface area contributed by atoms with E-state index in [2.05, 4.69) is 21.8 Å². The van der Waals surface area contributed by atoms with Crippen molar-refractivity contribution in [1.82, 2.24) is 0 Å². The predicted molar refractivity (Wildman–Crippen MR) is 105 cm³/mol. The lowest BCUT2D eigenvalue weighted by Gasteiger charge is -2.31. The SMILES string of the molecule is C=CC1C(N=O)OC=C(C(=O)OCN=[N+]=[N-])[C@H]1CC(=O)OCCc1ccc(O)c(O)c1. The number of phenolic OH excluding ortho intramolecular Hbond substituents is 2. The lowest BCUT2D eigenvalue weighted by atomic mass is 9.81. The maximum atomic E-state index is 12.4. The minimum atomic E-state index is -1.19. The number of phenols is 2. The van der Waals surface area contributed by atoms with Gasteiger partial charge in [-0.3, -0.25) is 4.79 Å². The van der Waals surface area contributed by atoms with Crippen molar-refractivity contribution in [3.63, 3.8) is 0 Å². The van der Waals surface area contributed by atoms with Crippen LogP contribution in [0.25, 0.3) is 10.4 Å². The fourth-order valence-corrected chi connectivity index (χ4v) is 2.99. The van der Waals surface area contributed by atoms with Gasteiger partial charge in [0.05, 0.1) is 24.9 Å². The van der Waals surface area contributed by atoms with E-state index in [4.69, 9.17) is 19.7 Å². The number of nitrogens with zero attached hydrogens (tertiary/aromatic N) is 4. The van der Waals surface area contributed by atoms with Crippen LogP contribution in [0.5, 0.6) is 11.5 Å². The van der Waals surface area contributed by atoms with E-state index in [9.17, 15) is 24.7 Å². The molecule has 2 N–H and O–H groups in total. The van der Waals surface area contributed by atoms with Gasteiger partial charge in [0.2, 0.25) is 6.23 Å². The van der Waals surface area contributed by atoms with E-state index in [0.717, 1.165) is 6.26 Å². The van der Waals surface area contributed by atoms with Gasteiger partial charge in [0.25, 0.3) is 0 Å². The van der Waals surface area contributed by atoms with Crippen LogP contribution in [0.15, 0.2) is 53.0 Å². The van der Waals surface area contributed by atoms with Crippen LogP contribution in [-0.2, 0) is 30.2 Å². The highest BCUT2D eigenvalue weighted by Crippen LogP contribution is 2.35. The molecule has 1 aromatic rings. The van der Waals surface area contributed by atoms with Crippen LogP contribution in [0.1, 0.15) is 12.0 Å². The van der Waals surface area contributed by atoms with Gasteiger partial charge in [-0.2, -0.15) is 0 Å². The molecule has 1 aromatic carbocycles. The molecule has 0 aromatic heterocycles. The van der Waals surface area contributed by atoms with E-state index < -0.39 is 36.7 Å². The van der Waals surface area contributed by atoms with E-state index >= 15 is 0 Å². The number of benzene rings is 1. The molecule has 31 heavy (non-hydrogen) atoms. The molecule has 0 aliphatic carbocycles. The largest absolute Gasteiger partial charge is 0.504 e. The van der Waals surface area contributed by atoms with Crippen molar-refractivity contribution < 1.29 is 34.0 Å². The fourth-order valence-electron chi connectivity index (χ4n) is 2.99. The summed E-state index contributed by atoms with van der Waals surface area (Å²) in [6, 6.07) is 4.22. The summed E-state index contributed by atoms with van der Waals surface area (Å²) < 4.78 is 15.1. The summed E-state index contributed by atoms with van der Waals surface area (Å²) in [5.74, 6) is -3.77. The molecule has 0 amide bonds. The van der Waals surface area contributed by atoms with Crippen molar-refractivity contribution in [1.29, 1.82) is 0 Å². The van der Waals surface area contributed by atoms with E-state index in [1.54, 1.807) is 6.07 Å². The third-order valence-corrected chi connectivity index (χ3v) is 4.54. The molecule has 12 heteroatoms. The number of hydrogen-bond acceptors (Lipinski definition) is 10. The second kappa shape index (κ2) is 11.2. The summed E-state index contributed by atoms with van der Waals surface area (Å²) in [5, 5.41) is 24.8. The number of ether oxygens (including phenoxy) is 3. The molecule has 0 bridgehead atoms. The Labute approximate surface area is 176 Å². The quantitative estimate of drug-likeness (QED) is 0.108. The second-order valence-electron chi connectivity index (χ2n) is 6.41. The molecule has 164 valence electrons. The lowest BCUT2D eigenvalue weighted by Crippen LogP contribution is -2.36. The van der Waals surface area contributed by atoms with Crippen LogP contribution in [0, 0.1) is 16.7 Å². The Morgan fingerprint density at radius 1 is 1.29 bits per heavy atom. The van der Waals surface area contributed by atoms with Gasteiger partial charge in [-0.05, 0) is 28.4 Å². The molecule has 1 aliphatic heterocycles. The van der Waals surface area contributed by atoms with Crippen molar-refractivity contribution >= 4 is 11.9 Å². The van der Waals surface area contributed by atoms with Crippen molar-refractivity contribution in [2.75, 3.05) is 13.3 Å². The van der Waals surface area contributed by atoms with Crippen LogP contribution in [-0.4, -0.2) is 41.7 Å². The van der Waals surface area contributed by atoms with Gasteiger partial charge in [0.1, 0.15) is 0 Å². The molecule has 2 unspecified atom stereocenters. The topological polar surface area (TPSA) is 180 Å². The number of hydrogen-bond donors (Lipinski definition) is 2. The average Bonchev–Trinajstić information content (AvgIpc) is 2.75. The maximum Gasteiger partial charge on any atom is 0.337 e. The number of nitroso groups, excluding NO2 is 1. The van der Waals surface area contributed by atoms with Crippen molar-refractivity contribution in [2.24, 2.45) is 22.1 Å². The van der Waals surface area contributed by atoms with Crippen LogP contribution in [0.4, 0.5) is 0 Å². The smallest absolute Gasteiger partial charge is 0.337 e. The van der Waals surface area contributed by atoms with Gasteiger partial charge in [-0.15, -0.1) is 11.5 Å². The Bertz CT molecular complexity index is 925. The first-order valence-electron chi connectivity index (χ1n) is 9.06. The Morgan fingerprint density at radius 2 is 2.06 bits per heavy atom. The Balaban J connectivity index is 2.04. The fraction of sp³-hybridized carbons (Fsp3) is 0.368. The molecule has 0 saturated heterocycles. The summed E-state index contributed by atoms with van der Waals surface area (Å²) >= 11 is 0. The summed E-state index contributed by atoms with van der Waals surface area (Å²) in [5.41, 5.74) is 8.85. The Kier molecular flexibility index (Phi) is 8.41. The van der Waals surface area contributed by atoms with Gasteiger partial charge >= 0.3 is 11.9 Å². The van der Waals surface area contributed by atoms with E-state index in [1.807, 2.05) is 0 Å².